The summed E-state index contributed by atoms with van der Waals surface area (Å²) in [4.78, 5) is 0. The molecule has 1 nitrogen and oxygen atoms in total. The Hall–Kier alpha value is -0.0400. The summed E-state index contributed by atoms with van der Waals surface area (Å²) in [5.41, 5.74) is 0.491. The lowest BCUT2D eigenvalue weighted by molar-refractivity contribution is 0.333. The van der Waals surface area contributed by atoms with E-state index in [-0.39, 0.29) is 0 Å². The van der Waals surface area contributed by atoms with E-state index < -0.39 is 0 Å². The molecule has 0 atom stereocenters. The van der Waals surface area contributed by atoms with E-state index in [0.717, 1.165) is 17.9 Å². The number of hydrogen-bond acceptors (Lipinski definition) is 1. The van der Waals surface area contributed by atoms with Crippen molar-refractivity contribution in [1.82, 2.24) is 5.32 Å². The summed E-state index contributed by atoms with van der Waals surface area (Å²) in [6.07, 6.45) is 7.27. The standard InChI is InChI=1S/C13H25N/c1-13(2,3)8-9-14-12(10-4-5-10)11-6-7-11/h10-12,14H,4-9H2,1-3H3. The maximum Gasteiger partial charge on any atom is 0.0124 e. The Morgan fingerprint density at radius 2 is 1.57 bits per heavy atom. The van der Waals surface area contributed by atoms with E-state index in [1.807, 2.05) is 0 Å². The molecule has 1 N–H and O–H groups in total. The van der Waals surface area contributed by atoms with E-state index in [9.17, 15) is 0 Å². The van der Waals surface area contributed by atoms with Crippen LogP contribution in [0.15, 0.2) is 0 Å². The normalized spacial score (nSPS) is 23.1. The van der Waals surface area contributed by atoms with E-state index >= 15 is 0 Å². The highest BCUT2D eigenvalue weighted by Gasteiger charge is 2.40. The quantitative estimate of drug-likeness (QED) is 0.710. The first-order valence-corrected chi connectivity index (χ1v) is 6.30. The number of nitrogens with one attached hydrogen (secondary N) is 1. The Labute approximate surface area is 88.7 Å². The van der Waals surface area contributed by atoms with Crippen molar-refractivity contribution in [2.45, 2.75) is 58.9 Å². The summed E-state index contributed by atoms with van der Waals surface area (Å²) in [5.74, 6) is 2.09. The summed E-state index contributed by atoms with van der Waals surface area (Å²) in [7, 11) is 0. The van der Waals surface area contributed by atoms with E-state index in [0.29, 0.717) is 5.41 Å². The highest BCUT2D eigenvalue weighted by atomic mass is 14.9. The Morgan fingerprint density at radius 1 is 1.07 bits per heavy atom. The highest BCUT2D eigenvalue weighted by Crippen LogP contribution is 2.44. The van der Waals surface area contributed by atoms with Gasteiger partial charge >= 0.3 is 0 Å². The van der Waals surface area contributed by atoms with Crippen molar-refractivity contribution in [2.24, 2.45) is 17.3 Å². The fourth-order valence-corrected chi connectivity index (χ4v) is 2.24. The predicted molar refractivity (Wildman–Crippen MR) is 61.3 cm³/mol. The Kier molecular flexibility index (Phi) is 2.88. The van der Waals surface area contributed by atoms with Gasteiger partial charge in [0.2, 0.25) is 0 Å². The van der Waals surface area contributed by atoms with Crippen molar-refractivity contribution in [1.29, 1.82) is 0 Å². The summed E-state index contributed by atoms with van der Waals surface area (Å²) in [6, 6.07) is 0.886. The molecular weight excluding hydrogens is 170 g/mol. The van der Waals surface area contributed by atoms with Crippen LogP contribution in [0.2, 0.25) is 0 Å². The van der Waals surface area contributed by atoms with Crippen LogP contribution in [0.3, 0.4) is 0 Å². The van der Waals surface area contributed by atoms with Gasteiger partial charge in [0.25, 0.3) is 0 Å². The van der Waals surface area contributed by atoms with Crippen LogP contribution in [0.5, 0.6) is 0 Å². The molecule has 0 amide bonds. The van der Waals surface area contributed by atoms with Crippen molar-refractivity contribution in [3.8, 4) is 0 Å². The SMILES string of the molecule is CC(C)(C)CCNC(C1CC1)C1CC1. The minimum atomic E-state index is 0.491. The second-order valence-corrected chi connectivity index (χ2v) is 6.47. The molecule has 0 bridgehead atoms. The molecule has 1 heteroatoms. The van der Waals surface area contributed by atoms with Gasteiger partial charge in [0.1, 0.15) is 0 Å². The molecule has 2 aliphatic rings. The molecule has 2 saturated carbocycles. The number of rotatable bonds is 5. The van der Waals surface area contributed by atoms with Crippen LogP contribution in [0, 0.1) is 17.3 Å². The maximum absolute atomic E-state index is 3.80. The van der Waals surface area contributed by atoms with Gasteiger partial charge in [0.15, 0.2) is 0 Å². The highest BCUT2D eigenvalue weighted by molar-refractivity contribution is 4.96. The molecule has 0 radical (unpaired) electrons. The fraction of sp³-hybridized carbons (Fsp3) is 1.00. The van der Waals surface area contributed by atoms with Gasteiger partial charge in [0.05, 0.1) is 0 Å². The zero-order chi connectivity index (χ0) is 10.2. The average Bonchev–Trinajstić information content (AvgIpc) is 2.89. The fourth-order valence-electron chi connectivity index (χ4n) is 2.24. The Balaban J connectivity index is 1.67. The third-order valence-corrected chi connectivity index (χ3v) is 3.51. The van der Waals surface area contributed by atoms with Gasteiger partial charge in [-0.1, -0.05) is 20.8 Å². The third kappa shape index (κ3) is 3.27. The van der Waals surface area contributed by atoms with Crippen molar-refractivity contribution in [3.05, 3.63) is 0 Å². The average molecular weight is 195 g/mol. The summed E-state index contributed by atoms with van der Waals surface area (Å²) >= 11 is 0. The van der Waals surface area contributed by atoms with E-state index in [4.69, 9.17) is 0 Å². The first-order valence-electron chi connectivity index (χ1n) is 6.30. The molecule has 0 heterocycles. The van der Waals surface area contributed by atoms with Crippen LogP contribution in [-0.4, -0.2) is 12.6 Å². The topological polar surface area (TPSA) is 12.0 Å². The molecule has 0 saturated heterocycles. The smallest absolute Gasteiger partial charge is 0.0124 e. The lowest BCUT2D eigenvalue weighted by atomic mass is 9.92. The molecule has 0 aliphatic heterocycles. The van der Waals surface area contributed by atoms with Gasteiger partial charge in [-0.15, -0.1) is 0 Å². The predicted octanol–water partition coefficient (Wildman–Crippen LogP) is 3.20. The zero-order valence-electron chi connectivity index (χ0n) is 9.97. The molecular formula is C13H25N. The lowest BCUT2D eigenvalue weighted by Crippen LogP contribution is -2.35. The van der Waals surface area contributed by atoms with Crippen LogP contribution in [-0.2, 0) is 0 Å². The van der Waals surface area contributed by atoms with Gasteiger partial charge in [-0.3, -0.25) is 0 Å². The molecule has 0 aromatic heterocycles. The molecule has 2 rings (SSSR count). The second kappa shape index (κ2) is 3.84. The van der Waals surface area contributed by atoms with Crippen molar-refractivity contribution in [3.63, 3.8) is 0 Å². The van der Waals surface area contributed by atoms with Gasteiger partial charge in [-0.2, -0.15) is 0 Å². The zero-order valence-corrected chi connectivity index (χ0v) is 9.97. The van der Waals surface area contributed by atoms with E-state index in [1.165, 1.54) is 38.6 Å². The Bertz CT molecular complexity index is 172. The summed E-state index contributed by atoms with van der Waals surface area (Å²) in [6.45, 7) is 8.22. The van der Waals surface area contributed by atoms with Crippen LogP contribution in [0.4, 0.5) is 0 Å². The van der Waals surface area contributed by atoms with Crippen LogP contribution in [0.1, 0.15) is 52.9 Å². The first-order chi connectivity index (χ1) is 6.56. The number of hydrogen-bond donors (Lipinski definition) is 1. The minimum Gasteiger partial charge on any atom is -0.313 e. The van der Waals surface area contributed by atoms with Gasteiger partial charge in [-0.25, -0.2) is 0 Å². The summed E-state index contributed by atoms with van der Waals surface area (Å²) < 4.78 is 0. The van der Waals surface area contributed by atoms with E-state index in [2.05, 4.69) is 26.1 Å². The van der Waals surface area contributed by atoms with Crippen LogP contribution >= 0.6 is 0 Å². The molecule has 0 spiro atoms. The van der Waals surface area contributed by atoms with Gasteiger partial charge in [0, 0.05) is 6.04 Å². The monoisotopic (exact) mass is 195 g/mol. The lowest BCUT2D eigenvalue weighted by Gasteiger charge is -2.22. The molecule has 14 heavy (non-hydrogen) atoms. The van der Waals surface area contributed by atoms with Crippen molar-refractivity contribution < 1.29 is 0 Å². The summed E-state index contributed by atoms with van der Waals surface area (Å²) in [5, 5.41) is 3.80. The minimum absolute atomic E-state index is 0.491. The van der Waals surface area contributed by atoms with Gasteiger partial charge in [-0.05, 0) is 55.9 Å². The Morgan fingerprint density at radius 3 is 1.93 bits per heavy atom. The maximum atomic E-state index is 3.80. The molecule has 0 aromatic carbocycles. The second-order valence-electron chi connectivity index (χ2n) is 6.47. The van der Waals surface area contributed by atoms with Crippen molar-refractivity contribution >= 4 is 0 Å². The van der Waals surface area contributed by atoms with Gasteiger partial charge < -0.3 is 5.32 Å². The molecule has 2 fully saturated rings. The molecule has 0 aromatic rings. The molecule has 2 aliphatic carbocycles. The first kappa shape index (κ1) is 10.5. The van der Waals surface area contributed by atoms with Crippen molar-refractivity contribution in [2.75, 3.05) is 6.54 Å². The molecule has 0 unspecified atom stereocenters. The molecule has 82 valence electrons. The van der Waals surface area contributed by atoms with Crippen LogP contribution < -0.4 is 5.32 Å². The van der Waals surface area contributed by atoms with E-state index in [1.54, 1.807) is 0 Å². The largest absolute Gasteiger partial charge is 0.313 e. The van der Waals surface area contributed by atoms with Crippen LogP contribution in [0.25, 0.3) is 0 Å². The third-order valence-electron chi connectivity index (χ3n) is 3.51.